The van der Waals surface area contributed by atoms with Gasteiger partial charge in [-0.3, -0.25) is 4.79 Å². The first-order valence-electron chi connectivity index (χ1n) is 9.04. The van der Waals surface area contributed by atoms with Crippen LogP contribution in [0.1, 0.15) is 27.1 Å². The van der Waals surface area contributed by atoms with Crippen LogP contribution >= 0.6 is 0 Å². The molecule has 3 aromatic rings. The molecule has 2 heterocycles. The average molecular weight is 377 g/mol. The molecule has 28 heavy (non-hydrogen) atoms. The lowest BCUT2D eigenvalue weighted by atomic mass is 10.1. The fourth-order valence-corrected chi connectivity index (χ4v) is 2.91. The summed E-state index contributed by atoms with van der Waals surface area (Å²) in [5, 5.41) is 0. The number of ketones is 1. The zero-order chi connectivity index (χ0) is 19.3. The number of aromatic nitrogens is 1. The summed E-state index contributed by atoms with van der Waals surface area (Å²) in [5.41, 5.74) is 1.74. The van der Waals surface area contributed by atoms with Crippen molar-refractivity contribution in [1.82, 2.24) is 4.57 Å². The number of ether oxygens (including phenoxy) is 3. The van der Waals surface area contributed by atoms with E-state index < -0.39 is 5.97 Å². The largest absolute Gasteiger partial charge is 0.490 e. The van der Waals surface area contributed by atoms with Crippen molar-refractivity contribution in [3.8, 4) is 17.2 Å². The van der Waals surface area contributed by atoms with E-state index in [1.165, 1.54) is 0 Å². The van der Waals surface area contributed by atoms with Crippen molar-refractivity contribution >= 4 is 11.8 Å². The van der Waals surface area contributed by atoms with E-state index in [4.69, 9.17) is 14.2 Å². The van der Waals surface area contributed by atoms with Gasteiger partial charge in [0.05, 0.1) is 18.8 Å². The van der Waals surface area contributed by atoms with Crippen LogP contribution in [0.5, 0.6) is 11.5 Å². The number of rotatable bonds is 5. The van der Waals surface area contributed by atoms with Crippen LogP contribution in [0.25, 0.3) is 5.69 Å². The van der Waals surface area contributed by atoms with E-state index >= 15 is 0 Å². The number of fused-ring (bicyclic) bond motifs is 1. The zero-order valence-corrected chi connectivity index (χ0v) is 15.2. The Labute approximate surface area is 162 Å². The molecule has 0 aliphatic carbocycles. The van der Waals surface area contributed by atoms with Crippen molar-refractivity contribution in [2.45, 2.75) is 6.42 Å². The number of benzene rings is 2. The van der Waals surface area contributed by atoms with Crippen molar-refractivity contribution in [3.05, 3.63) is 78.1 Å². The Kier molecular flexibility index (Phi) is 5.10. The third-order valence-electron chi connectivity index (χ3n) is 4.41. The molecule has 0 saturated carbocycles. The van der Waals surface area contributed by atoms with Crippen LogP contribution in [-0.2, 0) is 4.74 Å². The van der Waals surface area contributed by atoms with Gasteiger partial charge in [0.1, 0.15) is 0 Å². The van der Waals surface area contributed by atoms with Crippen LogP contribution in [0, 0.1) is 0 Å². The first-order valence-corrected chi connectivity index (χ1v) is 9.04. The van der Waals surface area contributed by atoms with E-state index in [-0.39, 0.29) is 12.4 Å². The van der Waals surface area contributed by atoms with Gasteiger partial charge in [-0.05, 0) is 54.6 Å². The minimum atomic E-state index is -0.540. The van der Waals surface area contributed by atoms with Crippen molar-refractivity contribution in [2.24, 2.45) is 0 Å². The van der Waals surface area contributed by atoms with Gasteiger partial charge in [0, 0.05) is 30.1 Å². The second-order valence-corrected chi connectivity index (χ2v) is 6.35. The highest BCUT2D eigenvalue weighted by molar-refractivity contribution is 5.99. The molecule has 0 unspecified atom stereocenters. The third-order valence-corrected chi connectivity index (χ3v) is 4.41. The molecule has 0 radical (unpaired) electrons. The second-order valence-electron chi connectivity index (χ2n) is 6.35. The van der Waals surface area contributed by atoms with Gasteiger partial charge >= 0.3 is 5.97 Å². The molecule has 6 nitrogen and oxygen atoms in total. The predicted octanol–water partition coefficient (Wildman–Crippen LogP) is 3.68. The van der Waals surface area contributed by atoms with Crippen LogP contribution in [0.15, 0.2) is 67.0 Å². The highest BCUT2D eigenvalue weighted by Gasteiger charge is 2.16. The molecule has 4 rings (SSSR count). The molecule has 0 N–H and O–H groups in total. The number of hydrogen-bond acceptors (Lipinski definition) is 5. The van der Waals surface area contributed by atoms with Gasteiger partial charge in [0.25, 0.3) is 0 Å². The van der Waals surface area contributed by atoms with Gasteiger partial charge in [0.2, 0.25) is 0 Å². The zero-order valence-electron chi connectivity index (χ0n) is 15.2. The van der Waals surface area contributed by atoms with Crippen molar-refractivity contribution in [2.75, 3.05) is 19.8 Å². The molecule has 0 saturated heterocycles. The van der Waals surface area contributed by atoms with Crippen LogP contribution in [-0.4, -0.2) is 36.1 Å². The molecule has 0 atom stereocenters. The Balaban J connectivity index is 1.38. The Morgan fingerprint density at radius 2 is 1.57 bits per heavy atom. The van der Waals surface area contributed by atoms with E-state index in [0.29, 0.717) is 35.8 Å². The lowest BCUT2D eigenvalue weighted by Gasteiger charge is -2.09. The number of carbonyl (C=O) groups is 2. The molecule has 0 fully saturated rings. The van der Waals surface area contributed by atoms with Gasteiger partial charge in [-0.15, -0.1) is 0 Å². The Hall–Kier alpha value is -3.54. The van der Waals surface area contributed by atoms with E-state index in [2.05, 4.69) is 0 Å². The monoisotopic (exact) mass is 377 g/mol. The molecular weight excluding hydrogens is 358 g/mol. The summed E-state index contributed by atoms with van der Waals surface area (Å²) in [5.74, 6) is 0.318. The Bertz CT molecular complexity index is 977. The summed E-state index contributed by atoms with van der Waals surface area (Å²) < 4.78 is 18.3. The lowest BCUT2D eigenvalue weighted by Crippen LogP contribution is -2.14. The fraction of sp³-hybridized carbons (Fsp3) is 0.182. The van der Waals surface area contributed by atoms with E-state index in [9.17, 15) is 9.59 Å². The predicted molar refractivity (Wildman–Crippen MR) is 102 cm³/mol. The fourth-order valence-electron chi connectivity index (χ4n) is 2.91. The van der Waals surface area contributed by atoms with Crippen LogP contribution in [0.4, 0.5) is 0 Å². The summed E-state index contributed by atoms with van der Waals surface area (Å²) >= 11 is 0. The maximum Gasteiger partial charge on any atom is 0.338 e. The maximum absolute atomic E-state index is 12.4. The van der Waals surface area contributed by atoms with Crippen molar-refractivity contribution < 1.29 is 23.8 Å². The van der Waals surface area contributed by atoms with Gasteiger partial charge in [0.15, 0.2) is 23.9 Å². The molecule has 2 aromatic carbocycles. The Morgan fingerprint density at radius 3 is 2.32 bits per heavy atom. The SMILES string of the molecule is O=C(COC(=O)c1ccc(-n2cccc2)cc1)c1ccc2c(c1)OCCCO2. The molecule has 0 bridgehead atoms. The highest BCUT2D eigenvalue weighted by atomic mass is 16.5. The molecule has 1 aliphatic rings. The first-order chi connectivity index (χ1) is 13.7. The summed E-state index contributed by atoms with van der Waals surface area (Å²) in [6.07, 6.45) is 4.63. The molecular formula is C22H19NO5. The van der Waals surface area contributed by atoms with E-state index in [1.54, 1.807) is 30.3 Å². The third kappa shape index (κ3) is 3.91. The van der Waals surface area contributed by atoms with E-state index in [0.717, 1.165) is 12.1 Å². The summed E-state index contributed by atoms with van der Waals surface area (Å²) in [4.78, 5) is 24.6. The van der Waals surface area contributed by atoms with Gasteiger partial charge in [-0.2, -0.15) is 0 Å². The molecule has 1 aliphatic heterocycles. The highest BCUT2D eigenvalue weighted by Crippen LogP contribution is 2.30. The number of esters is 1. The van der Waals surface area contributed by atoms with Gasteiger partial charge in [-0.25, -0.2) is 4.79 Å². The van der Waals surface area contributed by atoms with Crippen LogP contribution in [0.3, 0.4) is 0 Å². The number of nitrogens with zero attached hydrogens (tertiary/aromatic N) is 1. The minimum absolute atomic E-state index is 0.298. The quantitative estimate of drug-likeness (QED) is 0.501. The minimum Gasteiger partial charge on any atom is -0.490 e. The molecule has 142 valence electrons. The number of Topliss-reactive ketones (excluding diaryl/α,β-unsaturated/α-hetero) is 1. The number of carbonyl (C=O) groups excluding carboxylic acids is 2. The normalized spacial score (nSPS) is 12.9. The average Bonchev–Trinajstić information content (AvgIpc) is 3.17. The van der Waals surface area contributed by atoms with Crippen molar-refractivity contribution in [3.63, 3.8) is 0 Å². The maximum atomic E-state index is 12.4. The van der Waals surface area contributed by atoms with Gasteiger partial charge in [-0.1, -0.05) is 0 Å². The topological polar surface area (TPSA) is 66.8 Å². The van der Waals surface area contributed by atoms with E-state index in [1.807, 2.05) is 41.2 Å². The molecule has 0 amide bonds. The number of hydrogen-bond donors (Lipinski definition) is 0. The molecule has 6 heteroatoms. The van der Waals surface area contributed by atoms with Gasteiger partial charge < -0.3 is 18.8 Å². The van der Waals surface area contributed by atoms with Crippen LogP contribution < -0.4 is 9.47 Å². The molecule has 0 spiro atoms. The summed E-state index contributed by atoms with van der Waals surface area (Å²) in [7, 11) is 0. The Morgan fingerprint density at radius 1 is 0.893 bits per heavy atom. The lowest BCUT2D eigenvalue weighted by molar-refractivity contribution is 0.0474. The molecule has 1 aromatic heterocycles. The summed E-state index contributed by atoms with van der Waals surface area (Å²) in [6.45, 7) is 0.789. The standard InChI is InChI=1S/C22H19NO5/c24-19(17-6-9-20-21(14-17)27-13-3-12-26-20)15-28-22(25)16-4-7-18(8-5-16)23-10-1-2-11-23/h1-2,4-11,14H,3,12-13,15H2. The first kappa shape index (κ1) is 17.9. The van der Waals surface area contributed by atoms with Crippen LogP contribution in [0.2, 0.25) is 0 Å². The smallest absolute Gasteiger partial charge is 0.338 e. The second kappa shape index (κ2) is 8.00. The van der Waals surface area contributed by atoms with Crippen molar-refractivity contribution in [1.29, 1.82) is 0 Å². The summed E-state index contributed by atoms with van der Waals surface area (Å²) in [6, 6.07) is 15.8.